The van der Waals surface area contributed by atoms with Crippen LogP contribution in [-0.2, 0) is 13.1 Å². The molecule has 1 rings (SSSR count). The van der Waals surface area contributed by atoms with Crippen molar-refractivity contribution in [1.82, 2.24) is 14.7 Å². The Hall–Kier alpha value is -0.870. The monoisotopic (exact) mass is 238 g/mol. The number of aromatic nitrogens is 2. The molecule has 0 atom stereocenters. The number of nitrogens with zero attached hydrogens (tertiary/aromatic N) is 3. The third-order valence-corrected chi connectivity index (χ3v) is 3.94. The fourth-order valence-corrected chi connectivity index (χ4v) is 2.34. The molecule has 0 aliphatic heterocycles. The molecule has 0 bridgehead atoms. The van der Waals surface area contributed by atoms with Gasteiger partial charge in [0.1, 0.15) is 0 Å². The van der Waals surface area contributed by atoms with Crippen LogP contribution in [0.15, 0.2) is 12.4 Å². The Bertz CT molecular complexity index is 320. The summed E-state index contributed by atoms with van der Waals surface area (Å²) < 4.78 is 1.96. The van der Waals surface area contributed by atoms with Gasteiger partial charge in [0.05, 0.1) is 6.20 Å². The highest BCUT2D eigenvalue weighted by atomic mass is 15.3. The Morgan fingerprint density at radius 3 is 2.41 bits per heavy atom. The molecule has 0 saturated carbocycles. The second-order valence-corrected chi connectivity index (χ2v) is 4.70. The molecule has 0 fully saturated rings. The standard InChI is InChI=1S/C13H26N4/c1-5-13(6-2,11-14)16(4)9-12-8-15-17(7-3)10-12/h8,10H,5-7,9,11,14H2,1-4H3. The molecule has 0 amide bonds. The Morgan fingerprint density at radius 1 is 1.35 bits per heavy atom. The topological polar surface area (TPSA) is 47.1 Å². The quantitative estimate of drug-likeness (QED) is 0.788. The van der Waals surface area contributed by atoms with Gasteiger partial charge in [-0.1, -0.05) is 13.8 Å². The van der Waals surface area contributed by atoms with E-state index in [1.807, 2.05) is 10.9 Å². The maximum absolute atomic E-state index is 5.95. The minimum atomic E-state index is 0.119. The van der Waals surface area contributed by atoms with Crippen LogP contribution in [0.2, 0.25) is 0 Å². The molecule has 4 nitrogen and oxygen atoms in total. The van der Waals surface area contributed by atoms with Crippen molar-refractivity contribution < 1.29 is 0 Å². The summed E-state index contributed by atoms with van der Waals surface area (Å²) in [6.07, 6.45) is 6.23. The lowest BCUT2D eigenvalue weighted by atomic mass is 9.91. The number of likely N-dealkylation sites (N-methyl/N-ethyl adjacent to an activating group) is 1. The lowest BCUT2D eigenvalue weighted by Crippen LogP contribution is -2.50. The lowest BCUT2D eigenvalue weighted by Gasteiger charge is -2.39. The molecule has 0 aromatic carbocycles. The second-order valence-electron chi connectivity index (χ2n) is 4.70. The molecule has 1 heterocycles. The molecule has 0 spiro atoms. The smallest absolute Gasteiger partial charge is 0.0534 e. The first-order valence-electron chi connectivity index (χ1n) is 6.54. The van der Waals surface area contributed by atoms with Gasteiger partial charge in [-0.25, -0.2) is 0 Å². The van der Waals surface area contributed by atoms with Crippen LogP contribution in [0.1, 0.15) is 39.2 Å². The summed E-state index contributed by atoms with van der Waals surface area (Å²) in [5.41, 5.74) is 7.33. The van der Waals surface area contributed by atoms with Crippen molar-refractivity contribution in [2.75, 3.05) is 13.6 Å². The van der Waals surface area contributed by atoms with Gasteiger partial charge < -0.3 is 5.73 Å². The van der Waals surface area contributed by atoms with Gasteiger partial charge in [0.25, 0.3) is 0 Å². The van der Waals surface area contributed by atoms with Crippen LogP contribution in [0.4, 0.5) is 0 Å². The number of hydrogen-bond acceptors (Lipinski definition) is 3. The predicted octanol–water partition coefficient (Wildman–Crippen LogP) is 1.85. The highest BCUT2D eigenvalue weighted by molar-refractivity contribution is 5.05. The summed E-state index contributed by atoms with van der Waals surface area (Å²) in [6.45, 7) is 9.07. The Morgan fingerprint density at radius 2 is 2.00 bits per heavy atom. The summed E-state index contributed by atoms with van der Waals surface area (Å²) in [5.74, 6) is 0. The van der Waals surface area contributed by atoms with Crippen molar-refractivity contribution in [3.63, 3.8) is 0 Å². The first-order valence-corrected chi connectivity index (χ1v) is 6.54. The van der Waals surface area contributed by atoms with Gasteiger partial charge in [0.2, 0.25) is 0 Å². The van der Waals surface area contributed by atoms with E-state index in [4.69, 9.17) is 5.73 Å². The van der Waals surface area contributed by atoms with Crippen molar-refractivity contribution in [3.8, 4) is 0 Å². The van der Waals surface area contributed by atoms with Crippen LogP contribution in [0.3, 0.4) is 0 Å². The average Bonchev–Trinajstić information content (AvgIpc) is 2.80. The van der Waals surface area contributed by atoms with E-state index in [2.05, 4.69) is 44.0 Å². The predicted molar refractivity (Wildman–Crippen MR) is 71.7 cm³/mol. The third kappa shape index (κ3) is 3.07. The van der Waals surface area contributed by atoms with E-state index in [0.717, 1.165) is 25.9 Å². The lowest BCUT2D eigenvalue weighted by molar-refractivity contribution is 0.108. The van der Waals surface area contributed by atoms with Gasteiger partial charge >= 0.3 is 0 Å². The van der Waals surface area contributed by atoms with E-state index >= 15 is 0 Å². The fraction of sp³-hybridized carbons (Fsp3) is 0.769. The van der Waals surface area contributed by atoms with Gasteiger partial charge in [-0.05, 0) is 26.8 Å². The first kappa shape index (κ1) is 14.2. The number of rotatable bonds is 7. The Balaban J connectivity index is 2.72. The van der Waals surface area contributed by atoms with Crippen molar-refractivity contribution in [3.05, 3.63) is 18.0 Å². The van der Waals surface area contributed by atoms with E-state index in [9.17, 15) is 0 Å². The molecule has 1 aromatic rings. The summed E-state index contributed by atoms with van der Waals surface area (Å²) >= 11 is 0. The third-order valence-electron chi connectivity index (χ3n) is 3.94. The minimum Gasteiger partial charge on any atom is -0.329 e. The normalized spacial score (nSPS) is 12.4. The van der Waals surface area contributed by atoms with Crippen LogP contribution in [-0.4, -0.2) is 33.8 Å². The van der Waals surface area contributed by atoms with Gasteiger partial charge in [0, 0.05) is 36.9 Å². The molecule has 1 aromatic heterocycles. The number of hydrogen-bond donors (Lipinski definition) is 1. The number of nitrogens with two attached hydrogens (primary N) is 1. The summed E-state index contributed by atoms with van der Waals surface area (Å²) in [5, 5.41) is 4.31. The molecule has 98 valence electrons. The van der Waals surface area contributed by atoms with Gasteiger partial charge in [0.15, 0.2) is 0 Å². The van der Waals surface area contributed by atoms with Crippen molar-refractivity contribution in [1.29, 1.82) is 0 Å². The van der Waals surface area contributed by atoms with Gasteiger partial charge in [-0.2, -0.15) is 5.10 Å². The summed E-state index contributed by atoms with van der Waals surface area (Å²) in [6, 6.07) is 0. The molecule has 0 unspecified atom stereocenters. The summed E-state index contributed by atoms with van der Waals surface area (Å²) in [4.78, 5) is 2.37. The molecule has 0 aliphatic carbocycles. The largest absolute Gasteiger partial charge is 0.329 e. The zero-order valence-electron chi connectivity index (χ0n) is 11.6. The molecule has 0 aliphatic rings. The summed E-state index contributed by atoms with van der Waals surface area (Å²) in [7, 11) is 2.16. The fourth-order valence-electron chi connectivity index (χ4n) is 2.34. The highest BCUT2D eigenvalue weighted by Crippen LogP contribution is 2.23. The van der Waals surface area contributed by atoms with E-state index in [-0.39, 0.29) is 5.54 Å². The average molecular weight is 238 g/mol. The van der Waals surface area contributed by atoms with E-state index < -0.39 is 0 Å². The van der Waals surface area contributed by atoms with E-state index in [1.54, 1.807) is 0 Å². The van der Waals surface area contributed by atoms with Crippen LogP contribution in [0.5, 0.6) is 0 Å². The van der Waals surface area contributed by atoms with Crippen LogP contribution >= 0.6 is 0 Å². The Kier molecular flexibility index (Phi) is 5.15. The molecular formula is C13H26N4. The van der Waals surface area contributed by atoms with Crippen LogP contribution < -0.4 is 5.73 Å². The molecule has 0 saturated heterocycles. The molecular weight excluding hydrogens is 212 g/mol. The van der Waals surface area contributed by atoms with Crippen LogP contribution in [0, 0.1) is 0 Å². The minimum absolute atomic E-state index is 0.119. The zero-order chi connectivity index (χ0) is 12.9. The van der Waals surface area contributed by atoms with Crippen LogP contribution in [0.25, 0.3) is 0 Å². The molecule has 17 heavy (non-hydrogen) atoms. The zero-order valence-corrected chi connectivity index (χ0v) is 11.6. The second kappa shape index (κ2) is 6.17. The maximum atomic E-state index is 5.95. The van der Waals surface area contributed by atoms with E-state index in [1.165, 1.54) is 5.56 Å². The first-order chi connectivity index (χ1) is 8.11. The van der Waals surface area contributed by atoms with Crippen molar-refractivity contribution >= 4 is 0 Å². The molecule has 4 heteroatoms. The van der Waals surface area contributed by atoms with Gasteiger partial charge in [-0.3, -0.25) is 9.58 Å². The molecule has 2 N–H and O–H groups in total. The Labute approximate surface area is 105 Å². The molecule has 0 radical (unpaired) electrons. The maximum Gasteiger partial charge on any atom is 0.0534 e. The highest BCUT2D eigenvalue weighted by Gasteiger charge is 2.29. The van der Waals surface area contributed by atoms with Gasteiger partial charge in [-0.15, -0.1) is 0 Å². The van der Waals surface area contributed by atoms with Crippen molar-refractivity contribution in [2.24, 2.45) is 5.73 Å². The number of aryl methyl sites for hydroxylation is 1. The van der Waals surface area contributed by atoms with E-state index in [0.29, 0.717) is 6.54 Å². The SMILES string of the molecule is CCn1cc(CN(C)C(CC)(CC)CN)cn1. The van der Waals surface area contributed by atoms with Crippen molar-refractivity contribution in [2.45, 2.75) is 52.2 Å².